The summed E-state index contributed by atoms with van der Waals surface area (Å²) in [5.41, 5.74) is 2.04. The highest BCUT2D eigenvalue weighted by atomic mass is 32.2. The quantitative estimate of drug-likeness (QED) is 0.493. The van der Waals surface area contributed by atoms with Crippen LogP contribution in [0.3, 0.4) is 0 Å². The van der Waals surface area contributed by atoms with Crippen LogP contribution in [0.4, 0.5) is 5.69 Å². The first-order chi connectivity index (χ1) is 14.8. The predicted octanol–water partition coefficient (Wildman–Crippen LogP) is 4.34. The number of carboxylic acids is 1. The van der Waals surface area contributed by atoms with E-state index < -0.39 is 12.1 Å². The number of phenolic OH excluding ortho intramolecular Hbond substituents is 1. The zero-order valence-corrected chi connectivity index (χ0v) is 17.9. The van der Waals surface area contributed by atoms with Crippen molar-refractivity contribution in [1.82, 2.24) is 4.90 Å². The summed E-state index contributed by atoms with van der Waals surface area (Å²) in [6.07, 6.45) is 2.38. The van der Waals surface area contributed by atoms with Gasteiger partial charge in [-0.1, -0.05) is 24.3 Å². The number of carbonyl (C=O) groups excluding carboxylic acids is 1. The van der Waals surface area contributed by atoms with Gasteiger partial charge in [0.25, 0.3) is 5.91 Å². The number of nitrogens with zero attached hydrogens (tertiary/aromatic N) is 2. The second kappa shape index (κ2) is 9.53. The maximum atomic E-state index is 12.9. The van der Waals surface area contributed by atoms with Crippen molar-refractivity contribution in [1.29, 1.82) is 0 Å². The average molecular weight is 439 g/mol. The molecular formula is C23H22N2O5S. The topological polar surface area (TPSA) is 99.4 Å². The highest BCUT2D eigenvalue weighted by Gasteiger charge is 2.32. The number of amidine groups is 1. The van der Waals surface area contributed by atoms with Crippen molar-refractivity contribution in [2.45, 2.75) is 20.0 Å². The van der Waals surface area contributed by atoms with Crippen LogP contribution >= 0.6 is 11.8 Å². The number of hydrogen-bond donors (Lipinski definition) is 2. The fraction of sp³-hybridized carbons (Fsp3) is 0.174. The van der Waals surface area contributed by atoms with Crippen LogP contribution in [0.1, 0.15) is 18.1 Å². The molecule has 0 spiro atoms. The number of amides is 1. The summed E-state index contributed by atoms with van der Waals surface area (Å²) in [6.45, 7) is 7.31. The van der Waals surface area contributed by atoms with Crippen molar-refractivity contribution in [3.8, 4) is 11.5 Å². The molecule has 8 heteroatoms. The summed E-state index contributed by atoms with van der Waals surface area (Å²) in [4.78, 5) is 30.2. The van der Waals surface area contributed by atoms with Crippen molar-refractivity contribution >= 4 is 40.6 Å². The van der Waals surface area contributed by atoms with Crippen molar-refractivity contribution in [3.05, 3.63) is 71.2 Å². The molecule has 1 saturated heterocycles. The van der Waals surface area contributed by atoms with E-state index in [0.29, 0.717) is 21.5 Å². The molecule has 0 aliphatic carbocycles. The molecule has 0 aromatic heterocycles. The molecule has 7 nitrogen and oxygen atoms in total. The Morgan fingerprint density at radius 2 is 2.00 bits per heavy atom. The molecule has 1 fully saturated rings. The molecule has 3 rings (SSSR count). The Kier molecular flexibility index (Phi) is 6.81. The van der Waals surface area contributed by atoms with Crippen LogP contribution in [0.2, 0.25) is 0 Å². The molecule has 160 valence electrons. The number of carboxylic acid groups (broad SMARTS) is 1. The molecule has 1 unspecified atom stereocenters. The Morgan fingerprint density at radius 3 is 2.61 bits per heavy atom. The Balaban J connectivity index is 1.85. The lowest BCUT2D eigenvalue weighted by atomic mass is 10.2. The van der Waals surface area contributed by atoms with Crippen LogP contribution in [0.25, 0.3) is 6.08 Å². The molecular weight excluding hydrogens is 416 g/mol. The largest absolute Gasteiger partial charge is 0.506 e. The molecule has 2 aromatic carbocycles. The molecule has 0 radical (unpaired) electrons. The van der Waals surface area contributed by atoms with Gasteiger partial charge in [-0.2, -0.15) is 0 Å². The summed E-state index contributed by atoms with van der Waals surface area (Å²) in [6, 6.07) is 11.9. The van der Waals surface area contributed by atoms with Crippen molar-refractivity contribution in [3.63, 3.8) is 0 Å². The number of carbonyl (C=O) groups is 2. The van der Waals surface area contributed by atoms with Crippen LogP contribution in [-0.2, 0) is 9.59 Å². The standard InChI is InChI=1S/C23H22N2O5S/c1-4-11-25-21(27)20(31-23(25)24-18-10-5-14(2)12-19(18)26)13-16-6-8-17(9-7-16)30-15(3)22(28)29/h4-10,12-13,15,26H,1,11H2,2-3H3,(H,28,29)/b20-13-,24-23?. The van der Waals surface area contributed by atoms with E-state index in [0.717, 1.165) is 11.1 Å². The lowest BCUT2D eigenvalue weighted by Crippen LogP contribution is -2.29. The molecule has 1 aliphatic rings. The van der Waals surface area contributed by atoms with Crippen molar-refractivity contribution in [2.75, 3.05) is 6.54 Å². The highest BCUT2D eigenvalue weighted by Crippen LogP contribution is 2.36. The van der Waals surface area contributed by atoms with Crippen molar-refractivity contribution in [2.24, 2.45) is 4.99 Å². The third-order valence-electron chi connectivity index (χ3n) is 4.39. The zero-order chi connectivity index (χ0) is 22.5. The van der Waals surface area contributed by atoms with Gasteiger partial charge in [-0.15, -0.1) is 6.58 Å². The predicted molar refractivity (Wildman–Crippen MR) is 122 cm³/mol. The SMILES string of the molecule is C=CCN1C(=O)/C(=C/c2ccc(OC(C)C(=O)O)cc2)SC1=Nc1ccc(C)cc1O. The number of thioether (sulfide) groups is 1. The minimum absolute atomic E-state index is 0.0442. The second-order valence-electron chi connectivity index (χ2n) is 6.87. The summed E-state index contributed by atoms with van der Waals surface area (Å²) in [7, 11) is 0. The van der Waals surface area contributed by atoms with Gasteiger partial charge in [0.1, 0.15) is 17.2 Å². The normalized spacial score (nSPS) is 17.2. The third-order valence-corrected chi connectivity index (χ3v) is 5.39. The first-order valence-corrected chi connectivity index (χ1v) is 10.3. The number of aromatic hydroxyl groups is 1. The third kappa shape index (κ3) is 5.35. The number of benzene rings is 2. The van der Waals surface area contributed by atoms with Crippen LogP contribution in [0, 0.1) is 6.92 Å². The number of hydrogen-bond acceptors (Lipinski definition) is 6. The average Bonchev–Trinajstić information content (AvgIpc) is 3.00. The molecule has 1 atom stereocenters. The zero-order valence-electron chi connectivity index (χ0n) is 17.1. The smallest absolute Gasteiger partial charge is 0.344 e. The minimum Gasteiger partial charge on any atom is -0.506 e. The van der Waals surface area contributed by atoms with Gasteiger partial charge in [0.15, 0.2) is 11.3 Å². The van der Waals surface area contributed by atoms with E-state index in [-0.39, 0.29) is 18.2 Å². The number of ether oxygens (including phenoxy) is 1. The molecule has 0 saturated carbocycles. The van der Waals surface area contributed by atoms with Gasteiger partial charge in [0.05, 0.1) is 4.91 Å². The monoisotopic (exact) mass is 438 g/mol. The summed E-state index contributed by atoms with van der Waals surface area (Å²) >= 11 is 1.21. The lowest BCUT2D eigenvalue weighted by molar-refractivity contribution is -0.144. The van der Waals surface area contributed by atoms with Crippen molar-refractivity contribution < 1.29 is 24.5 Å². The number of aliphatic imine (C=N–C) groups is 1. The molecule has 1 amide bonds. The number of aryl methyl sites for hydroxylation is 1. The molecule has 1 heterocycles. The number of rotatable bonds is 7. The fourth-order valence-corrected chi connectivity index (χ4v) is 3.76. The first-order valence-electron chi connectivity index (χ1n) is 9.48. The van der Waals surface area contributed by atoms with Gasteiger partial charge < -0.3 is 14.9 Å². The summed E-state index contributed by atoms with van der Waals surface area (Å²) < 4.78 is 5.32. The molecule has 2 N–H and O–H groups in total. The van der Waals surface area contributed by atoms with E-state index in [2.05, 4.69) is 11.6 Å². The Morgan fingerprint density at radius 1 is 1.29 bits per heavy atom. The van der Waals surface area contributed by atoms with Gasteiger partial charge in [-0.25, -0.2) is 9.79 Å². The molecule has 31 heavy (non-hydrogen) atoms. The Labute approximate surface area is 184 Å². The van der Waals surface area contributed by atoms with E-state index in [1.54, 1.807) is 48.6 Å². The highest BCUT2D eigenvalue weighted by molar-refractivity contribution is 8.18. The summed E-state index contributed by atoms with van der Waals surface area (Å²) in [5, 5.41) is 19.5. The maximum absolute atomic E-state index is 12.9. The van der Waals surface area contributed by atoms with E-state index in [1.165, 1.54) is 23.6 Å². The minimum atomic E-state index is -1.05. The van der Waals surface area contributed by atoms with Crippen LogP contribution in [0.5, 0.6) is 11.5 Å². The number of phenols is 1. The van der Waals surface area contributed by atoms with E-state index in [4.69, 9.17) is 9.84 Å². The van der Waals surface area contributed by atoms with E-state index in [1.807, 2.05) is 13.0 Å². The van der Waals surface area contributed by atoms with Gasteiger partial charge in [-0.3, -0.25) is 9.69 Å². The van der Waals surface area contributed by atoms with Gasteiger partial charge in [-0.05, 0) is 67.1 Å². The van der Waals surface area contributed by atoms with Gasteiger partial charge in [0.2, 0.25) is 0 Å². The maximum Gasteiger partial charge on any atom is 0.344 e. The van der Waals surface area contributed by atoms with Crippen LogP contribution in [-0.4, -0.2) is 44.8 Å². The number of aliphatic carboxylic acids is 1. The Hall–Kier alpha value is -3.52. The first kappa shape index (κ1) is 22.2. The second-order valence-corrected chi connectivity index (χ2v) is 7.88. The summed E-state index contributed by atoms with van der Waals surface area (Å²) in [5.74, 6) is -0.793. The molecule has 2 aromatic rings. The molecule has 0 bridgehead atoms. The van der Waals surface area contributed by atoms with Gasteiger partial charge >= 0.3 is 5.97 Å². The van der Waals surface area contributed by atoms with E-state index >= 15 is 0 Å². The van der Waals surface area contributed by atoms with Crippen LogP contribution < -0.4 is 4.74 Å². The van der Waals surface area contributed by atoms with Crippen LogP contribution in [0.15, 0.2) is 65.0 Å². The fourth-order valence-electron chi connectivity index (χ4n) is 2.76. The van der Waals surface area contributed by atoms with Gasteiger partial charge in [0, 0.05) is 6.54 Å². The Bertz CT molecular complexity index is 1080. The lowest BCUT2D eigenvalue weighted by Gasteiger charge is -2.13. The molecule has 1 aliphatic heterocycles. The van der Waals surface area contributed by atoms with E-state index in [9.17, 15) is 14.7 Å².